The maximum atomic E-state index is 12.7. The number of carbonyl (C=O) groups excluding carboxylic acids is 2. The molecule has 142 valence electrons. The van der Waals surface area contributed by atoms with Crippen LogP contribution < -0.4 is 0 Å². The molecule has 6 nitrogen and oxygen atoms in total. The summed E-state index contributed by atoms with van der Waals surface area (Å²) in [7, 11) is 1.64. The molecule has 7 heteroatoms. The summed E-state index contributed by atoms with van der Waals surface area (Å²) in [5, 5.41) is 9.15. The van der Waals surface area contributed by atoms with Crippen molar-refractivity contribution < 1.29 is 19.5 Å². The molecule has 2 amide bonds. The first-order valence-electron chi connectivity index (χ1n) is 9.22. The van der Waals surface area contributed by atoms with Gasteiger partial charge in [0, 0.05) is 25.0 Å². The van der Waals surface area contributed by atoms with Gasteiger partial charge in [0.15, 0.2) is 0 Å². The van der Waals surface area contributed by atoms with Gasteiger partial charge < -0.3 is 14.9 Å². The average molecular weight is 378 g/mol. The van der Waals surface area contributed by atoms with Gasteiger partial charge in [0.1, 0.15) is 0 Å². The molecule has 1 aromatic rings. The number of piperidine rings is 1. The minimum atomic E-state index is -0.856. The number of carboxylic acids is 1. The van der Waals surface area contributed by atoms with Crippen molar-refractivity contribution in [2.75, 3.05) is 26.7 Å². The van der Waals surface area contributed by atoms with Crippen LogP contribution in [0.5, 0.6) is 0 Å². The molecule has 3 rings (SSSR count). The van der Waals surface area contributed by atoms with Gasteiger partial charge in [-0.3, -0.25) is 14.4 Å². The number of thiophene rings is 1. The van der Waals surface area contributed by atoms with E-state index in [1.165, 1.54) is 15.3 Å². The Kier molecular flexibility index (Phi) is 5.65. The summed E-state index contributed by atoms with van der Waals surface area (Å²) >= 11 is 1.55. The van der Waals surface area contributed by atoms with E-state index < -0.39 is 11.9 Å². The Labute approximate surface area is 157 Å². The number of nitrogens with zero attached hydrogens (tertiary/aromatic N) is 2. The van der Waals surface area contributed by atoms with E-state index in [1.54, 1.807) is 23.3 Å². The van der Waals surface area contributed by atoms with E-state index in [1.807, 2.05) is 6.07 Å². The second-order valence-electron chi connectivity index (χ2n) is 7.59. The van der Waals surface area contributed by atoms with Crippen molar-refractivity contribution >= 4 is 29.1 Å². The Bertz CT molecular complexity index is 714. The van der Waals surface area contributed by atoms with Crippen LogP contribution in [0.3, 0.4) is 0 Å². The van der Waals surface area contributed by atoms with Crippen LogP contribution in [0.1, 0.15) is 46.3 Å². The third kappa shape index (κ3) is 4.09. The van der Waals surface area contributed by atoms with Gasteiger partial charge in [-0.05, 0) is 49.7 Å². The van der Waals surface area contributed by atoms with Crippen LogP contribution >= 0.6 is 11.3 Å². The molecule has 26 heavy (non-hydrogen) atoms. The molecule has 1 saturated heterocycles. The first-order valence-corrected chi connectivity index (χ1v) is 10.0. The number of carbonyl (C=O) groups is 3. The molecule has 0 bridgehead atoms. The standard InChI is InChI=1S/C19H26N2O4S/c1-12-5-6-15-14(8-12)9-16(26-15)18(23)20(2)11-17(22)21-7-3-4-13(10-21)19(24)25/h9,12-13H,3-8,10-11H2,1-2H3,(H,24,25). The summed E-state index contributed by atoms with van der Waals surface area (Å²) in [4.78, 5) is 41.4. The Morgan fingerprint density at radius 3 is 2.85 bits per heavy atom. The maximum Gasteiger partial charge on any atom is 0.308 e. The molecule has 0 saturated carbocycles. The lowest BCUT2D eigenvalue weighted by molar-refractivity contribution is -0.145. The van der Waals surface area contributed by atoms with Crippen LogP contribution in [0.4, 0.5) is 0 Å². The van der Waals surface area contributed by atoms with Crippen molar-refractivity contribution in [2.45, 2.75) is 39.0 Å². The summed E-state index contributed by atoms with van der Waals surface area (Å²) in [6, 6.07) is 1.99. The number of amides is 2. The zero-order valence-corrected chi connectivity index (χ0v) is 16.2. The van der Waals surface area contributed by atoms with Gasteiger partial charge in [-0.1, -0.05) is 6.92 Å². The van der Waals surface area contributed by atoms with Gasteiger partial charge in [0.05, 0.1) is 17.3 Å². The zero-order valence-electron chi connectivity index (χ0n) is 15.4. The summed E-state index contributed by atoms with van der Waals surface area (Å²) in [6.45, 7) is 3.03. The molecule has 0 radical (unpaired) electrons. The summed E-state index contributed by atoms with van der Waals surface area (Å²) in [5.41, 5.74) is 1.28. The highest BCUT2D eigenvalue weighted by Crippen LogP contribution is 2.32. The zero-order chi connectivity index (χ0) is 18.8. The van der Waals surface area contributed by atoms with E-state index in [0.29, 0.717) is 30.2 Å². The first kappa shape index (κ1) is 18.9. The number of aryl methyl sites for hydroxylation is 1. The number of hydrogen-bond donors (Lipinski definition) is 1. The molecular formula is C19H26N2O4S. The molecule has 0 spiro atoms. The van der Waals surface area contributed by atoms with E-state index >= 15 is 0 Å². The lowest BCUT2D eigenvalue weighted by atomic mass is 9.90. The van der Waals surface area contributed by atoms with E-state index in [-0.39, 0.29) is 24.9 Å². The van der Waals surface area contributed by atoms with Crippen molar-refractivity contribution in [2.24, 2.45) is 11.8 Å². The highest BCUT2D eigenvalue weighted by molar-refractivity contribution is 7.14. The Hall–Kier alpha value is -1.89. The molecule has 2 heterocycles. The van der Waals surface area contributed by atoms with E-state index in [4.69, 9.17) is 5.11 Å². The molecule has 1 aromatic heterocycles. The third-order valence-corrected chi connectivity index (χ3v) is 6.61. The van der Waals surface area contributed by atoms with Crippen LogP contribution in [-0.2, 0) is 22.4 Å². The van der Waals surface area contributed by atoms with Gasteiger partial charge in [-0.25, -0.2) is 0 Å². The highest BCUT2D eigenvalue weighted by atomic mass is 32.1. The topological polar surface area (TPSA) is 77.9 Å². The molecule has 2 atom stereocenters. The molecule has 1 aliphatic heterocycles. The van der Waals surface area contributed by atoms with Gasteiger partial charge in [0.25, 0.3) is 5.91 Å². The Morgan fingerprint density at radius 1 is 1.35 bits per heavy atom. The molecule has 1 N–H and O–H groups in total. The molecule has 1 aliphatic carbocycles. The van der Waals surface area contributed by atoms with Crippen molar-refractivity contribution in [1.29, 1.82) is 0 Å². The lowest BCUT2D eigenvalue weighted by Crippen LogP contribution is -2.46. The normalized spacial score (nSPS) is 22.6. The van der Waals surface area contributed by atoms with Crippen LogP contribution in [0.25, 0.3) is 0 Å². The minimum Gasteiger partial charge on any atom is -0.481 e. The largest absolute Gasteiger partial charge is 0.481 e. The third-order valence-electron chi connectivity index (χ3n) is 5.38. The number of rotatable bonds is 4. The van der Waals surface area contributed by atoms with E-state index in [9.17, 15) is 14.4 Å². The predicted molar refractivity (Wildman–Crippen MR) is 99.4 cm³/mol. The van der Waals surface area contributed by atoms with E-state index in [2.05, 4.69) is 6.92 Å². The quantitative estimate of drug-likeness (QED) is 0.872. The van der Waals surface area contributed by atoms with Crippen LogP contribution in [0.2, 0.25) is 0 Å². The molecule has 1 fully saturated rings. The molecule has 0 aromatic carbocycles. The summed E-state index contributed by atoms with van der Waals surface area (Å²) in [5.74, 6) is -1.01. The summed E-state index contributed by atoms with van der Waals surface area (Å²) < 4.78 is 0. The molecule has 2 aliphatic rings. The number of hydrogen-bond acceptors (Lipinski definition) is 4. The van der Waals surface area contributed by atoms with Crippen LogP contribution in [0, 0.1) is 11.8 Å². The maximum absolute atomic E-state index is 12.7. The molecule has 2 unspecified atom stereocenters. The second kappa shape index (κ2) is 7.78. The minimum absolute atomic E-state index is 0.00978. The van der Waals surface area contributed by atoms with Crippen molar-refractivity contribution in [3.05, 3.63) is 21.4 Å². The van der Waals surface area contributed by atoms with Crippen LogP contribution in [-0.4, -0.2) is 59.4 Å². The number of fused-ring (bicyclic) bond motifs is 1. The average Bonchev–Trinajstić information content (AvgIpc) is 3.04. The second-order valence-corrected chi connectivity index (χ2v) is 8.72. The predicted octanol–water partition coefficient (Wildman–Crippen LogP) is 2.27. The van der Waals surface area contributed by atoms with Crippen molar-refractivity contribution in [3.8, 4) is 0 Å². The van der Waals surface area contributed by atoms with Crippen molar-refractivity contribution in [3.63, 3.8) is 0 Å². The number of carboxylic acid groups (broad SMARTS) is 1. The molecular weight excluding hydrogens is 352 g/mol. The fourth-order valence-electron chi connectivity index (χ4n) is 3.78. The van der Waals surface area contributed by atoms with Gasteiger partial charge >= 0.3 is 5.97 Å². The fourth-order valence-corrected chi connectivity index (χ4v) is 4.98. The SMILES string of the molecule is CC1CCc2sc(C(=O)N(C)CC(=O)N3CCCC(C(=O)O)C3)cc2C1. The Balaban J connectivity index is 1.60. The van der Waals surface area contributed by atoms with Crippen molar-refractivity contribution in [1.82, 2.24) is 9.80 Å². The highest BCUT2D eigenvalue weighted by Gasteiger charge is 2.29. The van der Waals surface area contributed by atoms with Crippen LogP contribution in [0.15, 0.2) is 6.07 Å². The number of likely N-dealkylation sites (N-methyl/N-ethyl adjacent to an activating group) is 1. The fraction of sp³-hybridized carbons (Fsp3) is 0.632. The lowest BCUT2D eigenvalue weighted by Gasteiger charge is -2.31. The van der Waals surface area contributed by atoms with E-state index in [0.717, 1.165) is 19.3 Å². The monoisotopic (exact) mass is 378 g/mol. The first-order chi connectivity index (χ1) is 12.3. The summed E-state index contributed by atoms with van der Waals surface area (Å²) in [6.07, 6.45) is 4.51. The Morgan fingerprint density at radius 2 is 2.12 bits per heavy atom. The number of aliphatic carboxylic acids is 1. The number of likely N-dealkylation sites (tertiary alicyclic amines) is 1. The van der Waals surface area contributed by atoms with Gasteiger partial charge in [-0.2, -0.15) is 0 Å². The van der Waals surface area contributed by atoms with Gasteiger partial charge in [-0.15, -0.1) is 11.3 Å². The van der Waals surface area contributed by atoms with Gasteiger partial charge in [0.2, 0.25) is 5.91 Å². The smallest absolute Gasteiger partial charge is 0.308 e.